The number of benzene rings is 1. The number of carboxylic acid groups (broad SMARTS) is 1. The molecule has 94 valence electrons. The van der Waals surface area contributed by atoms with Crippen molar-refractivity contribution in [2.75, 3.05) is 5.32 Å². The van der Waals surface area contributed by atoms with E-state index in [1.54, 1.807) is 0 Å². The smallest absolute Gasteiger partial charge is 0.342 e. The molecule has 1 rings (SSSR count). The van der Waals surface area contributed by atoms with Gasteiger partial charge in [-0.05, 0) is 19.1 Å². The van der Waals surface area contributed by atoms with Crippen LogP contribution in [0.5, 0.6) is 0 Å². The number of nitrogens with zero attached hydrogens (tertiary/aromatic N) is 1. The minimum atomic E-state index is -1.34. The van der Waals surface area contributed by atoms with Crippen molar-refractivity contribution >= 4 is 17.3 Å². The third-order valence-corrected chi connectivity index (χ3v) is 2.26. The number of hydrogen-bond donors (Lipinski definition) is 2. The summed E-state index contributed by atoms with van der Waals surface area (Å²) >= 11 is 0. The summed E-state index contributed by atoms with van der Waals surface area (Å²) in [5, 5.41) is 22.5. The van der Waals surface area contributed by atoms with Gasteiger partial charge in [0.2, 0.25) is 0 Å². The molecule has 0 amide bonds. The highest BCUT2D eigenvalue weighted by Crippen LogP contribution is 2.23. The van der Waals surface area contributed by atoms with Crippen molar-refractivity contribution in [1.29, 1.82) is 0 Å². The summed E-state index contributed by atoms with van der Waals surface area (Å²) < 4.78 is 0. The fourth-order valence-corrected chi connectivity index (χ4v) is 1.47. The molecule has 1 atom stereocenters. The Hall–Kier alpha value is -2.55. The normalized spacial score (nSPS) is 11.3. The Labute approximate surface area is 104 Å². The molecule has 0 radical (unpaired) electrons. The van der Waals surface area contributed by atoms with E-state index in [0.717, 1.165) is 6.07 Å². The van der Waals surface area contributed by atoms with Crippen molar-refractivity contribution < 1.29 is 14.8 Å². The lowest BCUT2D eigenvalue weighted by atomic mass is 10.1. The molecule has 0 fully saturated rings. The summed E-state index contributed by atoms with van der Waals surface area (Å²) in [4.78, 5) is 20.9. The van der Waals surface area contributed by atoms with Crippen LogP contribution >= 0.6 is 0 Å². The molecule has 2 N–H and O–H groups in total. The van der Waals surface area contributed by atoms with Gasteiger partial charge in [0.1, 0.15) is 5.56 Å². The molecule has 6 heteroatoms. The van der Waals surface area contributed by atoms with E-state index < -0.39 is 16.6 Å². The van der Waals surface area contributed by atoms with Crippen molar-refractivity contribution in [1.82, 2.24) is 0 Å². The summed E-state index contributed by atoms with van der Waals surface area (Å²) in [6.07, 6.45) is 5.62. The lowest BCUT2D eigenvalue weighted by molar-refractivity contribution is -0.385. The molecule has 0 aliphatic rings. The van der Waals surface area contributed by atoms with Gasteiger partial charge in [-0.25, -0.2) is 4.79 Å². The van der Waals surface area contributed by atoms with Gasteiger partial charge >= 0.3 is 5.97 Å². The number of rotatable bonds is 5. The van der Waals surface area contributed by atoms with Gasteiger partial charge in [0.05, 0.1) is 4.92 Å². The van der Waals surface area contributed by atoms with Gasteiger partial charge in [0, 0.05) is 24.2 Å². The quantitative estimate of drug-likeness (QED) is 0.473. The average molecular weight is 248 g/mol. The second-order valence-corrected chi connectivity index (χ2v) is 3.75. The van der Waals surface area contributed by atoms with Gasteiger partial charge in [0.25, 0.3) is 5.69 Å². The summed E-state index contributed by atoms with van der Waals surface area (Å²) in [5.74, 6) is 1.13. The number of nitro benzene ring substituents is 1. The van der Waals surface area contributed by atoms with Crippen molar-refractivity contribution in [2.45, 2.75) is 19.4 Å². The Morgan fingerprint density at radius 1 is 1.67 bits per heavy atom. The third-order valence-electron chi connectivity index (χ3n) is 2.26. The van der Waals surface area contributed by atoms with Crippen molar-refractivity contribution in [2.24, 2.45) is 0 Å². The van der Waals surface area contributed by atoms with E-state index in [4.69, 9.17) is 11.5 Å². The zero-order valence-corrected chi connectivity index (χ0v) is 9.71. The van der Waals surface area contributed by atoms with Gasteiger partial charge in [-0.2, -0.15) is 0 Å². The van der Waals surface area contributed by atoms with Crippen molar-refractivity contribution in [3.63, 3.8) is 0 Å². The Morgan fingerprint density at radius 2 is 2.33 bits per heavy atom. The van der Waals surface area contributed by atoms with Gasteiger partial charge < -0.3 is 10.4 Å². The maximum absolute atomic E-state index is 10.9. The Balaban J connectivity index is 3.05. The molecule has 1 unspecified atom stereocenters. The number of hydrogen-bond acceptors (Lipinski definition) is 4. The minimum Gasteiger partial charge on any atom is -0.477 e. The first kappa shape index (κ1) is 13.5. The second-order valence-electron chi connectivity index (χ2n) is 3.75. The van der Waals surface area contributed by atoms with Crippen LogP contribution in [0.3, 0.4) is 0 Å². The fraction of sp³-hybridized carbons (Fsp3) is 0.250. The van der Waals surface area contributed by atoms with Crippen LogP contribution in [0.2, 0.25) is 0 Å². The van der Waals surface area contributed by atoms with Crippen LogP contribution in [-0.2, 0) is 0 Å². The van der Waals surface area contributed by atoms with Crippen molar-refractivity contribution in [3.05, 3.63) is 33.9 Å². The monoisotopic (exact) mass is 248 g/mol. The number of nitro groups is 1. The predicted octanol–water partition coefficient (Wildman–Crippen LogP) is 2.12. The summed E-state index contributed by atoms with van der Waals surface area (Å²) in [6, 6.07) is 3.80. The number of carboxylic acids is 1. The number of anilines is 1. The van der Waals surface area contributed by atoms with Crippen LogP contribution in [-0.4, -0.2) is 22.0 Å². The minimum absolute atomic E-state index is 0.0434. The van der Waals surface area contributed by atoms with Crippen LogP contribution < -0.4 is 5.32 Å². The topological polar surface area (TPSA) is 92.5 Å². The molecular formula is C12H12N2O4. The average Bonchev–Trinajstić information content (AvgIpc) is 2.28. The lowest BCUT2D eigenvalue weighted by Gasteiger charge is -2.12. The molecule has 0 saturated carbocycles. The first-order valence-corrected chi connectivity index (χ1v) is 5.17. The van der Waals surface area contributed by atoms with Gasteiger partial charge in [-0.3, -0.25) is 10.1 Å². The van der Waals surface area contributed by atoms with Crippen LogP contribution in [0.25, 0.3) is 0 Å². The molecule has 0 saturated heterocycles. The number of aromatic carboxylic acids is 1. The standard InChI is InChI=1S/C12H12N2O4/c1-3-4-8(2)13-9-5-6-11(14(17)18)10(7-9)12(15)16/h1,5-8,13H,4H2,2H3,(H,15,16). The molecule has 1 aromatic rings. The van der Waals surface area contributed by atoms with E-state index in [9.17, 15) is 14.9 Å². The van der Waals surface area contributed by atoms with Crippen LogP contribution in [0.1, 0.15) is 23.7 Å². The zero-order chi connectivity index (χ0) is 13.7. The molecule has 1 aromatic carbocycles. The first-order chi connectivity index (χ1) is 8.45. The molecule has 0 aromatic heterocycles. The zero-order valence-electron chi connectivity index (χ0n) is 9.71. The van der Waals surface area contributed by atoms with E-state index >= 15 is 0 Å². The summed E-state index contributed by atoms with van der Waals surface area (Å²) in [5.41, 5.74) is -0.295. The van der Waals surface area contributed by atoms with E-state index in [-0.39, 0.29) is 11.6 Å². The molecule has 0 heterocycles. The molecule has 0 aliphatic heterocycles. The summed E-state index contributed by atoms with van der Waals surface area (Å²) in [6.45, 7) is 1.84. The molecular weight excluding hydrogens is 236 g/mol. The van der Waals surface area contributed by atoms with Crippen molar-refractivity contribution in [3.8, 4) is 12.3 Å². The molecule has 0 bridgehead atoms. The highest BCUT2D eigenvalue weighted by Gasteiger charge is 2.20. The van der Waals surface area contributed by atoms with E-state index in [2.05, 4.69) is 11.2 Å². The highest BCUT2D eigenvalue weighted by molar-refractivity contribution is 5.93. The van der Waals surface area contributed by atoms with E-state index in [0.29, 0.717) is 12.1 Å². The number of carbonyl (C=O) groups is 1. The molecule has 0 spiro atoms. The molecule has 6 nitrogen and oxygen atoms in total. The predicted molar refractivity (Wildman–Crippen MR) is 66.6 cm³/mol. The SMILES string of the molecule is C#CCC(C)Nc1ccc([N+](=O)[O-])c(C(=O)O)c1. The van der Waals surface area contributed by atoms with Gasteiger partial charge in [-0.1, -0.05) is 0 Å². The third kappa shape index (κ3) is 3.22. The lowest BCUT2D eigenvalue weighted by Crippen LogP contribution is -2.14. The Kier molecular flexibility index (Phi) is 4.27. The maximum atomic E-state index is 10.9. The van der Waals surface area contributed by atoms with E-state index in [1.165, 1.54) is 12.1 Å². The highest BCUT2D eigenvalue weighted by atomic mass is 16.6. The van der Waals surface area contributed by atoms with Crippen LogP contribution in [0.4, 0.5) is 11.4 Å². The number of nitrogens with one attached hydrogen (secondary N) is 1. The number of terminal acetylenes is 1. The van der Waals surface area contributed by atoms with Gasteiger partial charge in [0.15, 0.2) is 0 Å². The van der Waals surface area contributed by atoms with Crippen LogP contribution in [0.15, 0.2) is 18.2 Å². The second kappa shape index (κ2) is 5.68. The molecule has 0 aliphatic carbocycles. The summed E-state index contributed by atoms with van der Waals surface area (Å²) in [7, 11) is 0. The fourth-order valence-electron chi connectivity index (χ4n) is 1.47. The first-order valence-electron chi connectivity index (χ1n) is 5.17. The Bertz CT molecular complexity index is 519. The van der Waals surface area contributed by atoms with Crippen LogP contribution in [0, 0.1) is 22.5 Å². The van der Waals surface area contributed by atoms with E-state index in [1.807, 2.05) is 6.92 Å². The molecule has 18 heavy (non-hydrogen) atoms. The Morgan fingerprint density at radius 3 is 2.83 bits per heavy atom. The van der Waals surface area contributed by atoms with Gasteiger partial charge in [-0.15, -0.1) is 12.3 Å². The maximum Gasteiger partial charge on any atom is 0.342 e. The largest absolute Gasteiger partial charge is 0.477 e.